The maximum absolute atomic E-state index is 14.2. The Hall–Kier alpha value is -3.71. The first-order chi connectivity index (χ1) is 20.5. The lowest BCUT2D eigenvalue weighted by Gasteiger charge is -2.29. The van der Waals surface area contributed by atoms with Crippen LogP contribution in [-0.2, 0) is 49.4 Å². The van der Waals surface area contributed by atoms with Gasteiger partial charge in [0.05, 0.1) is 32.5 Å². The van der Waals surface area contributed by atoms with Crippen molar-refractivity contribution in [3.63, 3.8) is 0 Å². The third kappa shape index (κ3) is 7.63. The van der Waals surface area contributed by atoms with Crippen molar-refractivity contribution < 1.29 is 28.2 Å². The summed E-state index contributed by atoms with van der Waals surface area (Å²) >= 11 is 0. The van der Waals surface area contributed by atoms with Crippen molar-refractivity contribution in [3.8, 4) is 0 Å². The standard InChI is InChI=1S/C29H34N5O8P/c1-20-14-33(28(37)30-26(20)35)15-23-16-34(32-31-23)17-24-25(42-29(2,3)41-24)27(36)43(38,39-18-21-10-6-4-7-11-21)40-19-22-12-8-5-9-13-22/h4-14,16,24-25,27,36H,15,17-19H2,1-3H3,(H,30,35,37)/t24-,25+,27-/m0/s1. The van der Waals surface area contributed by atoms with Gasteiger partial charge in [0.2, 0.25) is 0 Å². The molecule has 0 radical (unpaired) electrons. The van der Waals surface area contributed by atoms with Crippen LogP contribution in [0.1, 0.15) is 36.2 Å². The van der Waals surface area contributed by atoms with Crippen molar-refractivity contribution in [2.24, 2.45) is 0 Å². The summed E-state index contributed by atoms with van der Waals surface area (Å²) in [6, 6.07) is 18.3. The highest BCUT2D eigenvalue weighted by molar-refractivity contribution is 7.54. The molecule has 2 aromatic carbocycles. The second kappa shape index (κ2) is 12.9. The summed E-state index contributed by atoms with van der Waals surface area (Å²) in [4.78, 5) is 26.1. The lowest BCUT2D eigenvalue weighted by atomic mass is 10.2. The van der Waals surface area contributed by atoms with Gasteiger partial charge >= 0.3 is 13.3 Å². The lowest BCUT2D eigenvalue weighted by molar-refractivity contribution is -0.152. The molecule has 2 N–H and O–H groups in total. The highest BCUT2D eigenvalue weighted by atomic mass is 31.2. The van der Waals surface area contributed by atoms with Crippen molar-refractivity contribution in [2.45, 2.75) is 70.9 Å². The number of nitrogens with zero attached hydrogens (tertiary/aromatic N) is 4. The molecule has 0 bridgehead atoms. The Morgan fingerprint density at radius 1 is 1.00 bits per heavy atom. The molecule has 228 valence electrons. The van der Waals surface area contributed by atoms with Gasteiger partial charge in [-0.1, -0.05) is 65.9 Å². The molecular weight excluding hydrogens is 577 g/mol. The summed E-state index contributed by atoms with van der Waals surface area (Å²) in [5.74, 6) is -2.82. The van der Waals surface area contributed by atoms with Crippen LogP contribution in [0.5, 0.6) is 0 Å². The maximum Gasteiger partial charge on any atom is 0.362 e. The van der Waals surface area contributed by atoms with E-state index in [0.29, 0.717) is 11.3 Å². The van der Waals surface area contributed by atoms with E-state index in [-0.39, 0.29) is 26.3 Å². The average molecular weight is 612 g/mol. The van der Waals surface area contributed by atoms with Crippen LogP contribution in [-0.4, -0.2) is 53.5 Å². The highest BCUT2D eigenvalue weighted by Gasteiger charge is 2.52. The summed E-state index contributed by atoms with van der Waals surface area (Å²) in [5.41, 5.74) is 1.33. The summed E-state index contributed by atoms with van der Waals surface area (Å²) in [5, 5.41) is 19.8. The van der Waals surface area contributed by atoms with Crippen LogP contribution >= 0.6 is 7.60 Å². The molecule has 0 aliphatic carbocycles. The van der Waals surface area contributed by atoms with Gasteiger partial charge < -0.3 is 23.6 Å². The Bertz CT molecular complexity index is 1640. The minimum absolute atomic E-state index is 0.0539. The van der Waals surface area contributed by atoms with Gasteiger partial charge in [-0.3, -0.25) is 18.9 Å². The first-order valence-corrected chi connectivity index (χ1v) is 15.3. The molecule has 1 saturated heterocycles. The number of aryl methyl sites for hydroxylation is 1. The van der Waals surface area contributed by atoms with Gasteiger partial charge in [-0.05, 0) is 31.9 Å². The fourth-order valence-corrected chi connectivity index (χ4v) is 6.35. The quantitative estimate of drug-likeness (QED) is 0.228. The highest BCUT2D eigenvalue weighted by Crippen LogP contribution is 2.56. The zero-order valence-corrected chi connectivity index (χ0v) is 24.9. The van der Waals surface area contributed by atoms with E-state index in [9.17, 15) is 19.3 Å². The second-order valence-electron chi connectivity index (χ2n) is 10.7. The molecule has 0 saturated carbocycles. The van der Waals surface area contributed by atoms with Crippen LogP contribution in [0, 0.1) is 6.92 Å². The number of aromatic amines is 1. The van der Waals surface area contributed by atoms with E-state index in [1.54, 1.807) is 27.0 Å². The minimum atomic E-state index is -4.21. The minimum Gasteiger partial charge on any atom is -0.378 e. The molecule has 0 spiro atoms. The topological polar surface area (TPSA) is 160 Å². The second-order valence-corrected chi connectivity index (χ2v) is 12.9. The van der Waals surface area contributed by atoms with Gasteiger partial charge in [-0.15, -0.1) is 5.10 Å². The predicted molar refractivity (Wildman–Crippen MR) is 155 cm³/mol. The zero-order chi connectivity index (χ0) is 30.6. The number of hydrogen-bond acceptors (Lipinski definition) is 10. The van der Waals surface area contributed by atoms with Crippen molar-refractivity contribution in [1.82, 2.24) is 24.5 Å². The molecule has 3 atom stereocenters. The van der Waals surface area contributed by atoms with Crippen molar-refractivity contribution in [1.29, 1.82) is 0 Å². The smallest absolute Gasteiger partial charge is 0.362 e. The van der Waals surface area contributed by atoms with Crippen molar-refractivity contribution >= 4 is 7.60 Å². The van der Waals surface area contributed by atoms with Crippen LogP contribution < -0.4 is 11.2 Å². The zero-order valence-electron chi connectivity index (χ0n) is 24.0. The molecule has 3 heterocycles. The number of hydrogen-bond donors (Lipinski definition) is 2. The number of ether oxygens (including phenoxy) is 2. The molecule has 5 rings (SSSR count). The Kier molecular flexibility index (Phi) is 9.21. The number of nitrogens with one attached hydrogen (secondary N) is 1. The van der Waals surface area contributed by atoms with Gasteiger partial charge in [0.25, 0.3) is 5.56 Å². The molecule has 13 nitrogen and oxygen atoms in total. The molecule has 1 aliphatic rings. The molecule has 1 fully saturated rings. The molecular formula is C29H34N5O8P. The van der Waals surface area contributed by atoms with Gasteiger partial charge in [-0.2, -0.15) is 0 Å². The monoisotopic (exact) mass is 611 g/mol. The number of aliphatic hydroxyl groups excluding tert-OH is 1. The van der Waals surface area contributed by atoms with Crippen LogP contribution in [0.4, 0.5) is 0 Å². The molecule has 0 amide bonds. The summed E-state index contributed by atoms with van der Waals surface area (Å²) in [7, 11) is -4.21. The van der Waals surface area contributed by atoms with Gasteiger partial charge in [0, 0.05) is 11.8 Å². The number of aliphatic hydroxyl groups is 1. The van der Waals surface area contributed by atoms with Crippen LogP contribution in [0.15, 0.2) is 82.6 Å². The number of H-pyrrole nitrogens is 1. The fourth-order valence-electron chi connectivity index (χ4n) is 4.70. The van der Waals surface area contributed by atoms with E-state index in [0.717, 1.165) is 11.1 Å². The molecule has 0 unspecified atom stereocenters. The summed E-state index contributed by atoms with van der Waals surface area (Å²) in [6.45, 7) is 5.02. The molecule has 1 aliphatic heterocycles. The third-order valence-electron chi connectivity index (χ3n) is 6.82. The largest absolute Gasteiger partial charge is 0.378 e. The van der Waals surface area contributed by atoms with Gasteiger partial charge in [0.1, 0.15) is 17.9 Å². The van der Waals surface area contributed by atoms with E-state index < -0.39 is 42.7 Å². The first kappa shape index (κ1) is 30.7. The van der Waals surface area contributed by atoms with Crippen molar-refractivity contribution in [2.75, 3.05) is 0 Å². The van der Waals surface area contributed by atoms with E-state index in [1.165, 1.54) is 15.4 Å². The fraction of sp³-hybridized carbons (Fsp3) is 0.379. The first-order valence-electron chi connectivity index (χ1n) is 13.7. The lowest BCUT2D eigenvalue weighted by Crippen LogP contribution is -2.38. The van der Waals surface area contributed by atoms with Crippen molar-refractivity contribution in [3.05, 3.63) is 116 Å². The van der Waals surface area contributed by atoms with E-state index in [2.05, 4.69) is 15.3 Å². The number of benzene rings is 2. The average Bonchev–Trinajstić information content (AvgIpc) is 3.56. The number of aromatic nitrogens is 5. The summed E-state index contributed by atoms with van der Waals surface area (Å²) < 4.78 is 40.8. The van der Waals surface area contributed by atoms with E-state index >= 15 is 0 Å². The van der Waals surface area contributed by atoms with E-state index in [1.807, 2.05) is 60.7 Å². The van der Waals surface area contributed by atoms with Gasteiger partial charge in [0.15, 0.2) is 11.6 Å². The SMILES string of the molecule is Cc1cn(Cc2cn(C[C@@H]3OC(C)(C)O[C@H]3[C@@H](O)P(=O)(OCc3ccccc3)OCc3ccccc3)nn2)c(=O)[nH]c1=O. The predicted octanol–water partition coefficient (Wildman–Crippen LogP) is 2.95. The Morgan fingerprint density at radius 3 is 2.21 bits per heavy atom. The van der Waals surface area contributed by atoms with E-state index in [4.69, 9.17) is 18.5 Å². The third-order valence-corrected chi connectivity index (χ3v) is 8.74. The van der Waals surface area contributed by atoms with Crippen LogP contribution in [0.25, 0.3) is 0 Å². The molecule has 14 heteroatoms. The van der Waals surface area contributed by atoms with Crippen LogP contribution in [0.2, 0.25) is 0 Å². The molecule has 4 aromatic rings. The summed E-state index contributed by atoms with van der Waals surface area (Å²) in [6.07, 6.45) is 1.14. The molecule has 2 aromatic heterocycles. The number of rotatable bonds is 12. The molecule has 43 heavy (non-hydrogen) atoms. The maximum atomic E-state index is 14.2. The normalized spacial score (nSPS) is 19.0. The van der Waals surface area contributed by atoms with Gasteiger partial charge in [-0.25, -0.2) is 9.48 Å². The Labute approximate surface area is 247 Å². The Balaban J connectivity index is 1.34. The van der Waals surface area contributed by atoms with Crippen LogP contribution in [0.3, 0.4) is 0 Å². The Morgan fingerprint density at radius 2 is 1.60 bits per heavy atom.